The Morgan fingerprint density at radius 2 is 1.85 bits per heavy atom. The molecule has 0 spiro atoms. The Morgan fingerprint density at radius 1 is 1.26 bits per heavy atom. The number of rotatable bonds is 6. The minimum Gasteiger partial charge on any atom is -0.475 e. The van der Waals surface area contributed by atoms with Gasteiger partial charge in [-0.1, -0.05) is 18.2 Å². The summed E-state index contributed by atoms with van der Waals surface area (Å²) in [4.78, 5) is 15.3. The van der Waals surface area contributed by atoms with Crippen molar-refractivity contribution in [3.8, 4) is 17.0 Å². The second kappa shape index (κ2) is 11.3. The van der Waals surface area contributed by atoms with Gasteiger partial charge in [0.2, 0.25) is 5.89 Å². The lowest BCUT2D eigenvalue weighted by atomic mass is 10.1. The van der Waals surface area contributed by atoms with Crippen molar-refractivity contribution in [2.75, 3.05) is 6.61 Å². The Morgan fingerprint density at radius 3 is 2.35 bits per heavy atom. The highest BCUT2D eigenvalue weighted by Crippen LogP contribution is 2.35. The second-order valence-corrected chi connectivity index (χ2v) is 7.27. The van der Waals surface area contributed by atoms with Gasteiger partial charge in [0.1, 0.15) is 17.1 Å². The lowest BCUT2D eigenvalue weighted by Crippen LogP contribution is -2.18. The molecule has 0 aliphatic heterocycles. The summed E-state index contributed by atoms with van der Waals surface area (Å²) in [6.07, 6.45) is -4.15. The maximum atomic E-state index is 14.4. The van der Waals surface area contributed by atoms with Crippen molar-refractivity contribution in [3.63, 3.8) is 0 Å². The number of ether oxygens (including phenoxy) is 1. The molecule has 6 nitrogen and oxygen atoms in total. The molecule has 2 aromatic carbocycles. The van der Waals surface area contributed by atoms with Crippen LogP contribution in [0.5, 0.6) is 5.75 Å². The number of aromatic nitrogens is 1. The summed E-state index contributed by atoms with van der Waals surface area (Å²) < 4.78 is 76.8. The van der Waals surface area contributed by atoms with Gasteiger partial charge in [-0.15, -0.1) is 6.58 Å². The molecule has 0 bridgehead atoms. The molecule has 0 saturated carbocycles. The molecule has 1 heterocycles. The molecular weight excluding hydrogens is 531 g/mol. The Balaban J connectivity index is 0.00000129. The van der Waals surface area contributed by atoms with E-state index >= 15 is 0 Å². The highest BCUT2D eigenvalue weighted by Gasteiger charge is 2.31. The number of hydrogen-bond donors (Lipinski definition) is 2. The van der Waals surface area contributed by atoms with Crippen LogP contribution in [0.4, 0.5) is 22.0 Å². The first-order valence-corrected chi connectivity index (χ1v) is 10.2. The van der Waals surface area contributed by atoms with Gasteiger partial charge in [-0.25, -0.2) is 13.8 Å². The van der Waals surface area contributed by atoms with Gasteiger partial charge < -0.3 is 20.0 Å². The number of aliphatic hydroxyl groups excluding tert-OH is 1. The summed E-state index contributed by atoms with van der Waals surface area (Å²) >= 11 is 3.08. The Hall–Kier alpha value is -3.25. The molecule has 182 valence electrons. The molecule has 1 unspecified atom stereocenters. The molecule has 1 amide bonds. The van der Waals surface area contributed by atoms with Crippen molar-refractivity contribution >= 4 is 21.8 Å². The zero-order chi connectivity index (χ0) is 25.6. The van der Waals surface area contributed by atoms with E-state index in [9.17, 15) is 31.9 Å². The number of nitrogens with zero attached hydrogens (tertiary/aromatic N) is 1. The first kappa shape index (κ1) is 27.0. The van der Waals surface area contributed by atoms with Gasteiger partial charge in [-0.05, 0) is 47.1 Å². The normalized spacial score (nSPS) is 11.9. The standard InChI is InChI=1S/C19H12BrF5N2O4.C3H6/c20-16-15(8-1-3-9(4-2-8)19(23,24)25)27-18(31-16)12(7-28)30-11-6-5-10(21)13(14(11)22)17(26)29;1-3-2/h1-6,12,28H,7H2,(H2,26,29);3H,1H2,2H3. The van der Waals surface area contributed by atoms with Gasteiger partial charge in [0.05, 0.1) is 12.2 Å². The number of carbonyl (C=O) groups is 1. The number of oxazole rings is 1. The molecule has 1 aromatic heterocycles. The van der Waals surface area contributed by atoms with Gasteiger partial charge in [-0.3, -0.25) is 4.79 Å². The highest BCUT2D eigenvalue weighted by atomic mass is 79.9. The number of benzene rings is 2. The Bertz CT molecular complexity index is 1160. The Kier molecular flexibility index (Phi) is 8.93. The SMILES string of the molecule is C=CC.NC(=O)c1c(F)ccc(OC(CO)c2nc(-c3ccc(C(F)(F)F)cc3)c(Br)o2)c1F. The fourth-order valence-corrected chi connectivity index (χ4v) is 3.10. The lowest BCUT2D eigenvalue weighted by molar-refractivity contribution is -0.137. The molecule has 1 atom stereocenters. The van der Waals surface area contributed by atoms with Crippen LogP contribution in [0.1, 0.15) is 34.8 Å². The maximum Gasteiger partial charge on any atom is 0.416 e. The maximum absolute atomic E-state index is 14.4. The van der Waals surface area contributed by atoms with E-state index in [-0.39, 0.29) is 21.8 Å². The summed E-state index contributed by atoms with van der Waals surface area (Å²) in [5.41, 5.74) is 3.44. The molecule has 0 fully saturated rings. The minimum absolute atomic E-state index is 0.0155. The minimum atomic E-state index is -4.51. The second-order valence-electron chi connectivity index (χ2n) is 6.55. The number of hydrogen-bond acceptors (Lipinski definition) is 5. The lowest BCUT2D eigenvalue weighted by Gasteiger charge is -2.15. The third-order valence-electron chi connectivity index (χ3n) is 4.10. The molecule has 34 heavy (non-hydrogen) atoms. The smallest absolute Gasteiger partial charge is 0.416 e. The van der Waals surface area contributed by atoms with Crippen LogP contribution < -0.4 is 10.5 Å². The van der Waals surface area contributed by atoms with Crippen LogP contribution in [0, 0.1) is 11.6 Å². The van der Waals surface area contributed by atoms with Crippen LogP contribution in [0.15, 0.2) is 58.1 Å². The van der Waals surface area contributed by atoms with Gasteiger partial charge in [0.25, 0.3) is 5.91 Å². The zero-order valence-corrected chi connectivity index (χ0v) is 19.1. The average Bonchev–Trinajstić information content (AvgIpc) is 3.14. The van der Waals surface area contributed by atoms with Crippen molar-refractivity contribution < 1.29 is 41.0 Å². The van der Waals surface area contributed by atoms with E-state index in [4.69, 9.17) is 14.9 Å². The van der Waals surface area contributed by atoms with Crippen LogP contribution in [0.25, 0.3) is 11.3 Å². The molecule has 0 radical (unpaired) electrons. The number of allylic oxidation sites excluding steroid dienone is 1. The largest absolute Gasteiger partial charge is 0.475 e. The van der Waals surface area contributed by atoms with Gasteiger partial charge >= 0.3 is 6.18 Å². The number of carbonyl (C=O) groups excluding carboxylic acids is 1. The molecular formula is C22H18BrF5N2O4. The fraction of sp³-hybridized carbons (Fsp3) is 0.182. The molecule has 0 aliphatic rings. The average molecular weight is 549 g/mol. The fourth-order valence-electron chi connectivity index (χ4n) is 2.62. The summed E-state index contributed by atoms with van der Waals surface area (Å²) in [6.45, 7) is 4.49. The van der Waals surface area contributed by atoms with E-state index < -0.39 is 53.3 Å². The van der Waals surface area contributed by atoms with Crippen molar-refractivity contribution in [2.24, 2.45) is 5.73 Å². The molecule has 3 aromatic rings. The van der Waals surface area contributed by atoms with Crippen LogP contribution in [-0.2, 0) is 6.18 Å². The van der Waals surface area contributed by atoms with Crippen LogP contribution in [0.3, 0.4) is 0 Å². The van der Waals surface area contributed by atoms with Crippen molar-refractivity contribution in [3.05, 3.63) is 82.4 Å². The van der Waals surface area contributed by atoms with E-state index in [1.54, 1.807) is 6.08 Å². The first-order chi connectivity index (χ1) is 15.9. The van der Waals surface area contributed by atoms with E-state index in [2.05, 4.69) is 27.5 Å². The van der Waals surface area contributed by atoms with E-state index in [0.717, 1.165) is 24.3 Å². The molecule has 0 aliphatic carbocycles. The highest BCUT2D eigenvalue weighted by molar-refractivity contribution is 9.10. The number of aliphatic hydroxyl groups is 1. The van der Waals surface area contributed by atoms with Crippen LogP contribution in [0.2, 0.25) is 0 Å². The van der Waals surface area contributed by atoms with Crippen molar-refractivity contribution in [2.45, 2.75) is 19.2 Å². The Labute approximate surface area is 199 Å². The third-order valence-corrected chi connectivity index (χ3v) is 4.64. The summed E-state index contributed by atoms with van der Waals surface area (Å²) in [5.74, 6) is -4.78. The zero-order valence-electron chi connectivity index (χ0n) is 17.5. The molecule has 3 rings (SSSR count). The number of halogens is 6. The summed E-state index contributed by atoms with van der Waals surface area (Å²) in [6, 6.07) is 5.69. The predicted molar refractivity (Wildman–Crippen MR) is 116 cm³/mol. The molecule has 0 saturated heterocycles. The summed E-state index contributed by atoms with van der Waals surface area (Å²) in [7, 11) is 0. The van der Waals surface area contributed by atoms with Gasteiger partial charge in [0, 0.05) is 5.56 Å². The van der Waals surface area contributed by atoms with Gasteiger partial charge in [0.15, 0.2) is 22.3 Å². The van der Waals surface area contributed by atoms with Crippen molar-refractivity contribution in [1.29, 1.82) is 0 Å². The number of alkyl halides is 3. The number of nitrogens with two attached hydrogens (primary N) is 1. The predicted octanol–water partition coefficient (Wildman–Crippen LogP) is 5.80. The number of amides is 1. The van der Waals surface area contributed by atoms with E-state index in [0.29, 0.717) is 0 Å². The number of primary amides is 1. The van der Waals surface area contributed by atoms with Crippen LogP contribution >= 0.6 is 15.9 Å². The first-order valence-electron chi connectivity index (χ1n) is 9.40. The van der Waals surface area contributed by atoms with E-state index in [1.807, 2.05) is 6.92 Å². The quantitative estimate of drug-likeness (QED) is 0.299. The van der Waals surface area contributed by atoms with Gasteiger partial charge in [-0.2, -0.15) is 13.2 Å². The van der Waals surface area contributed by atoms with E-state index in [1.165, 1.54) is 12.1 Å². The summed E-state index contributed by atoms with van der Waals surface area (Å²) in [5, 5.41) is 9.61. The third kappa shape index (κ3) is 6.20. The monoisotopic (exact) mass is 548 g/mol. The molecule has 3 N–H and O–H groups in total. The van der Waals surface area contributed by atoms with Crippen LogP contribution in [-0.4, -0.2) is 22.6 Å². The van der Waals surface area contributed by atoms with Crippen molar-refractivity contribution in [1.82, 2.24) is 4.98 Å². The molecule has 12 heteroatoms. The topological polar surface area (TPSA) is 98.6 Å².